The van der Waals surface area contributed by atoms with E-state index in [1.54, 1.807) is 17.7 Å². The van der Waals surface area contributed by atoms with Gasteiger partial charge in [0, 0.05) is 16.1 Å². The van der Waals surface area contributed by atoms with Gasteiger partial charge in [-0.3, -0.25) is 0 Å². The molecular formula is C13H9BrClN3O. The van der Waals surface area contributed by atoms with E-state index in [0.29, 0.717) is 10.9 Å². The summed E-state index contributed by atoms with van der Waals surface area (Å²) in [6, 6.07) is 9.33. The molecule has 0 radical (unpaired) electrons. The number of aromatic nitrogens is 3. The van der Waals surface area contributed by atoms with Crippen molar-refractivity contribution in [3.8, 4) is 17.1 Å². The van der Waals surface area contributed by atoms with Crippen molar-refractivity contribution in [2.24, 2.45) is 0 Å². The SMILES string of the molecule is COc1ccc2nc(-c3ccc(Cl)c(Br)c3)cn2n1. The molecule has 0 atom stereocenters. The standard InChI is InChI=1S/C13H9BrClN3O/c1-19-13-5-4-12-16-11(7-18(12)17-13)8-2-3-10(15)9(14)6-8/h2-7H,1H3. The number of methoxy groups -OCH3 is 1. The molecule has 0 N–H and O–H groups in total. The Labute approximate surface area is 123 Å². The van der Waals surface area contributed by atoms with E-state index in [2.05, 4.69) is 26.0 Å². The number of fused-ring (bicyclic) bond motifs is 1. The smallest absolute Gasteiger partial charge is 0.231 e. The molecule has 96 valence electrons. The molecule has 0 bridgehead atoms. The van der Waals surface area contributed by atoms with Gasteiger partial charge < -0.3 is 4.74 Å². The number of hydrogen-bond donors (Lipinski definition) is 0. The van der Waals surface area contributed by atoms with Gasteiger partial charge in [-0.25, -0.2) is 9.50 Å². The molecule has 0 saturated carbocycles. The van der Waals surface area contributed by atoms with Gasteiger partial charge in [0.25, 0.3) is 0 Å². The second-order valence-corrected chi connectivity index (χ2v) is 5.20. The van der Waals surface area contributed by atoms with Crippen LogP contribution in [0.5, 0.6) is 5.88 Å². The summed E-state index contributed by atoms with van der Waals surface area (Å²) in [7, 11) is 1.59. The summed E-state index contributed by atoms with van der Waals surface area (Å²) in [5.41, 5.74) is 2.57. The molecule has 3 aromatic rings. The molecule has 6 heteroatoms. The molecule has 0 aliphatic heterocycles. The summed E-state index contributed by atoms with van der Waals surface area (Å²) >= 11 is 9.39. The predicted octanol–water partition coefficient (Wildman–Crippen LogP) is 3.82. The summed E-state index contributed by atoms with van der Waals surface area (Å²) in [6.45, 7) is 0. The quantitative estimate of drug-likeness (QED) is 0.713. The lowest BCUT2D eigenvalue weighted by atomic mass is 10.2. The lowest BCUT2D eigenvalue weighted by Crippen LogP contribution is -1.93. The van der Waals surface area contributed by atoms with Crippen molar-refractivity contribution in [2.75, 3.05) is 7.11 Å². The average molecular weight is 339 g/mol. The van der Waals surface area contributed by atoms with Gasteiger partial charge in [-0.2, -0.15) is 0 Å². The maximum atomic E-state index is 5.99. The monoisotopic (exact) mass is 337 g/mol. The zero-order valence-electron chi connectivity index (χ0n) is 9.97. The Morgan fingerprint density at radius 2 is 2.11 bits per heavy atom. The zero-order valence-corrected chi connectivity index (χ0v) is 12.3. The second-order valence-electron chi connectivity index (χ2n) is 3.93. The highest BCUT2D eigenvalue weighted by atomic mass is 79.9. The van der Waals surface area contributed by atoms with Gasteiger partial charge in [0.15, 0.2) is 5.65 Å². The van der Waals surface area contributed by atoms with Gasteiger partial charge in [-0.15, -0.1) is 5.10 Å². The summed E-state index contributed by atoms with van der Waals surface area (Å²) in [5, 5.41) is 4.95. The molecular weight excluding hydrogens is 330 g/mol. The van der Waals surface area contributed by atoms with Crippen molar-refractivity contribution in [3.05, 3.63) is 46.0 Å². The Balaban J connectivity index is 2.11. The average Bonchev–Trinajstić information content (AvgIpc) is 2.84. The number of nitrogens with zero attached hydrogens (tertiary/aromatic N) is 3. The van der Waals surface area contributed by atoms with Crippen LogP contribution in [0.4, 0.5) is 0 Å². The number of ether oxygens (including phenoxy) is 1. The zero-order chi connectivity index (χ0) is 13.4. The van der Waals surface area contributed by atoms with Crippen LogP contribution in [-0.4, -0.2) is 21.7 Å². The van der Waals surface area contributed by atoms with E-state index in [1.165, 1.54) is 0 Å². The van der Waals surface area contributed by atoms with E-state index < -0.39 is 0 Å². The molecule has 0 aliphatic carbocycles. The molecule has 2 heterocycles. The minimum absolute atomic E-state index is 0.550. The summed E-state index contributed by atoms with van der Waals surface area (Å²) in [4.78, 5) is 4.51. The van der Waals surface area contributed by atoms with Crippen molar-refractivity contribution in [1.29, 1.82) is 0 Å². The van der Waals surface area contributed by atoms with Crippen LogP contribution in [0.3, 0.4) is 0 Å². The third kappa shape index (κ3) is 2.31. The number of imidazole rings is 1. The fraction of sp³-hybridized carbons (Fsp3) is 0.0769. The molecule has 0 spiro atoms. The van der Waals surface area contributed by atoms with Gasteiger partial charge in [0.05, 0.1) is 24.0 Å². The van der Waals surface area contributed by atoms with Crippen LogP contribution in [0.1, 0.15) is 0 Å². The second kappa shape index (κ2) is 4.83. The topological polar surface area (TPSA) is 39.4 Å². The Kier molecular flexibility index (Phi) is 3.16. The van der Waals surface area contributed by atoms with Gasteiger partial charge >= 0.3 is 0 Å². The van der Waals surface area contributed by atoms with Crippen molar-refractivity contribution >= 4 is 33.2 Å². The van der Waals surface area contributed by atoms with Gasteiger partial charge in [-0.05, 0) is 34.1 Å². The van der Waals surface area contributed by atoms with Crippen LogP contribution in [0.15, 0.2) is 41.0 Å². The first-order valence-electron chi connectivity index (χ1n) is 5.53. The van der Waals surface area contributed by atoms with Crippen LogP contribution < -0.4 is 4.74 Å². The fourth-order valence-corrected chi connectivity index (χ4v) is 2.26. The van der Waals surface area contributed by atoms with E-state index in [-0.39, 0.29) is 0 Å². The maximum absolute atomic E-state index is 5.99. The molecule has 3 rings (SSSR count). The van der Waals surface area contributed by atoms with E-state index in [9.17, 15) is 0 Å². The fourth-order valence-electron chi connectivity index (χ4n) is 1.77. The van der Waals surface area contributed by atoms with Crippen LogP contribution in [0.25, 0.3) is 16.9 Å². The molecule has 0 aliphatic rings. The van der Waals surface area contributed by atoms with Crippen molar-refractivity contribution < 1.29 is 4.74 Å². The highest BCUT2D eigenvalue weighted by Gasteiger charge is 2.07. The van der Waals surface area contributed by atoms with E-state index in [0.717, 1.165) is 21.4 Å². The van der Waals surface area contributed by atoms with Gasteiger partial charge in [0.1, 0.15) is 0 Å². The largest absolute Gasteiger partial charge is 0.480 e. The molecule has 19 heavy (non-hydrogen) atoms. The van der Waals surface area contributed by atoms with Crippen molar-refractivity contribution in [2.45, 2.75) is 0 Å². The first kappa shape index (κ1) is 12.4. The van der Waals surface area contributed by atoms with Crippen molar-refractivity contribution in [3.63, 3.8) is 0 Å². The lowest BCUT2D eigenvalue weighted by Gasteiger charge is -1.99. The molecule has 0 saturated heterocycles. The molecule has 2 aromatic heterocycles. The van der Waals surface area contributed by atoms with E-state index in [1.807, 2.05) is 30.5 Å². The Morgan fingerprint density at radius 3 is 2.84 bits per heavy atom. The first-order chi connectivity index (χ1) is 9.17. The third-order valence-corrected chi connectivity index (χ3v) is 3.93. The minimum atomic E-state index is 0.550. The Bertz CT molecular complexity index is 757. The lowest BCUT2D eigenvalue weighted by molar-refractivity contribution is 0.390. The van der Waals surface area contributed by atoms with Crippen LogP contribution in [0.2, 0.25) is 5.02 Å². The number of halogens is 2. The summed E-state index contributed by atoms with van der Waals surface area (Å²) < 4.78 is 7.62. The highest BCUT2D eigenvalue weighted by molar-refractivity contribution is 9.10. The van der Waals surface area contributed by atoms with Crippen LogP contribution in [0, 0.1) is 0 Å². The normalized spacial score (nSPS) is 10.9. The van der Waals surface area contributed by atoms with Crippen LogP contribution >= 0.6 is 27.5 Å². The van der Waals surface area contributed by atoms with E-state index in [4.69, 9.17) is 16.3 Å². The number of benzene rings is 1. The summed E-state index contributed by atoms with van der Waals surface area (Å²) in [5.74, 6) is 0.550. The van der Waals surface area contributed by atoms with Crippen molar-refractivity contribution in [1.82, 2.24) is 14.6 Å². The molecule has 4 nitrogen and oxygen atoms in total. The summed E-state index contributed by atoms with van der Waals surface area (Å²) in [6.07, 6.45) is 1.85. The van der Waals surface area contributed by atoms with Crippen LogP contribution in [-0.2, 0) is 0 Å². The third-order valence-electron chi connectivity index (χ3n) is 2.72. The van der Waals surface area contributed by atoms with E-state index >= 15 is 0 Å². The molecule has 1 aromatic carbocycles. The molecule has 0 fully saturated rings. The molecule has 0 amide bonds. The predicted molar refractivity (Wildman–Crippen MR) is 77.7 cm³/mol. The Morgan fingerprint density at radius 1 is 1.26 bits per heavy atom. The van der Waals surface area contributed by atoms with Gasteiger partial charge in [-0.1, -0.05) is 17.7 Å². The molecule has 0 unspecified atom stereocenters. The maximum Gasteiger partial charge on any atom is 0.231 e. The minimum Gasteiger partial charge on any atom is -0.480 e. The van der Waals surface area contributed by atoms with Gasteiger partial charge in [0.2, 0.25) is 5.88 Å². The Hall–Kier alpha value is -1.59. The number of hydrogen-bond acceptors (Lipinski definition) is 3. The number of rotatable bonds is 2. The first-order valence-corrected chi connectivity index (χ1v) is 6.70. The highest BCUT2D eigenvalue weighted by Crippen LogP contribution is 2.28.